The molecule has 0 saturated heterocycles. The van der Waals surface area contributed by atoms with Gasteiger partial charge < -0.3 is 15.4 Å². The van der Waals surface area contributed by atoms with E-state index in [4.69, 9.17) is 4.74 Å². The van der Waals surface area contributed by atoms with E-state index < -0.39 is 0 Å². The van der Waals surface area contributed by atoms with Gasteiger partial charge in [-0.25, -0.2) is 0 Å². The molecule has 0 fully saturated rings. The lowest BCUT2D eigenvalue weighted by molar-refractivity contribution is 0.410. The van der Waals surface area contributed by atoms with Gasteiger partial charge in [-0.15, -0.1) is 5.10 Å². The summed E-state index contributed by atoms with van der Waals surface area (Å²) < 4.78 is 5.37. The highest BCUT2D eigenvalue weighted by Crippen LogP contribution is 2.21. The van der Waals surface area contributed by atoms with Gasteiger partial charge >= 0.3 is 0 Å². The summed E-state index contributed by atoms with van der Waals surface area (Å²) >= 11 is 0. The first-order valence-corrected chi connectivity index (χ1v) is 8.55. The number of nitrogens with one attached hydrogen (secondary N) is 2. The smallest absolute Gasteiger partial charge is 0.244 e. The number of nitrogens with zero attached hydrogens (tertiary/aromatic N) is 3. The number of rotatable bonds is 7. The van der Waals surface area contributed by atoms with E-state index in [0.29, 0.717) is 18.3 Å². The Morgan fingerprint density at radius 2 is 1.92 bits per heavy atom. The van der Waals surface area contributed by atoms with Crippen LogP contribution in [0.5, 0.6) is 5.75 Å². The SMILES string of the molecule is COc1ccccc1CCNc1nncc(Nc2cc(C)ccc2C)n1. The van der Waals surface area contributed by atoms with Gasteiger partial charge in [0.05, 0.1) is 13.3 Å². The van der Waals surface area contributed by atoms with Crippen LogP contribution < -0.4 is 15.4 Å². The largest absolute Gasteiger partial charge is 0.496 e. The molecule has 6 nitrogen and oxygen atoms in total. The minimum absolute atomic E-state index is 0.496. The van der Waals surface area contributed by atoms with E-state index in [-0.39, 0.29) is 0 Å². The lowest BCUT2D eigenvalue weighted by Gasteiger charge is -2.11. The van der Waals surface area contributed by atoms with Crippen molar-refractivity contribution >= 4 is 17.5 Å². The molecule has 134 valence electrons. The number of ether oxygens (including phenoxy) is 1. The number of aromatic nitrogens is 3. The van der Waals surface area contributed by atoms with Crippen LogP contribution in [0.15, 0.2) is 48.7 Å². The molecule has 2 aromatic carbocycles. The summed E-state index contributed by atoms with van der Waals surface area (Å²) in [6.07, 6.45) is 2.43. The molecule has 3 aromatic rings. The summed E-state index contributed by atoms with van der Waals surface area (Å²) in [6, 6.07) is 14.2. The van der Waals surface area contributed by atoms with Crippen molar-refractivity contribution in [3.8, 4) is 5.75 Å². The number of aryl methyl sites for hydroxylation is 2. The van der Waals surface area contributed by atoms with E-state index in [0.717, 1.165) is 29.0 Å². The zero-order chi connectivity index (χ0) is 18.4. The molecule has 0 radical (unpaired) electrons. The summed E-state index contributed by atoms with van der Waals surface area (Å²) in [4.78, 5) is 4.49. The van der Waals surface area contributed by atoms with Crippen molar-refractivity contribution in [2.75, 3.05) is 24.3 Å². The van der Waals surface area contributed by atoms with Crippen LogP contribution in [0.25, 0.3) is 0 Å². The van der Waals surface area contributed by atoms with Crippen LogP contribution in [-0.4, -0.2) is 28.8 Å². The van der Waals surface area contributed by atoms with Crippen molar-refractivity contribution in [2.24, 2.45) is 0 Å². The predicted octanol–water partition coefficient (Wildman–Crippen LogP) is 3.90. The molecule has 6 heteroatoms. The highest BCUT2D eigenvalue weighted by molar-refractivity contribution is 5.61. The molecular formula is C20H23N5O. The molecular weight excluding hydrogens is 326 g/mol. The van der Waals surface area contributed by atoms with Crippen LogP contribution in [0.3, 0.4) is 0 Å². The number of anilines is 3. The minimum Gasteiger partial charge on any atom is -0.496 e. The lowest BCUT2D eigenvalue weighted by atomic mass is 10.1. The summed E-state index contributed by atoms with van der Waals surface area (Å²) in [5.41, 5.74) is 4.50. The van der Waals surface area contributed by atoms with Gasteiger partial charge in [0.15, 0.2) is 5.82 Å². The van der Waals surface area contributed by atoms with Crippen LogP contribution >= 0.6 is 0 Å². The van der Waals surface area contributed by atoms with E-state index in [9.17, 15) is 0 Å². The zero-order valence-electron chi connectivity index (χ0n) is 15.3. The first-order chi connectivity index (χ1) is 12.7. The van der Waals surface area contributed by atoms with Crippen molar-refractivity contribution in [3.63, 3.8) is 0 Å². The van der Waals surface area contributed by atoms with Gasteiger partial charge in [-0.3, -0.25) is 0 Å². The van der Waals surface area contributed by atoms with Crippen LogP contribution in [0.4, 0.5) is 17.5 Å². The van der Waals surface area contributed by atoms with Gasteiger partial charge in [-0.05, 0) is 49.1 Å². The predicted molar refractivity (Wildman–Crippen MR) is 104 cm³/mol. The fourth-order valence-corrected chi connectivity index (χ4v) is 2.67. The van der Waals surface area contributed by atoms with Crippen molar-refractivity contribution in [3.05, 3.63) is 65.4 Å². The monoisotopic (exact) mass is 349 g/mol. The average Bonchev–Trinajstić information content (AvgIpc) is 2.65. The van der Waals surface area contributed by atoms with Gasteiger partial charge in [-0.1, -0.05) is 30.3 Å². The Morgan fingerprint density at radius 3 is 2.77 bits per heavy atom. The Morgan fingerprint density at radius 1 is 1.08 bits per heavy atom. The fraction of sp³-hybridized carbons (Fsp3) is 0.250. The molecule has 0 aliphatic rings. The molecule has 26 heavy (non-hydrogen) atoms. The number of methoxy groups -OCH3 is 1. The minimum atomic E-state index is 0.496. The molecule has 2 N–H and O–H groups in total. The Labute approximate surface area is 153 Å². The summed E-state index contributed by atoms with van der Waals surface area (Å²) in [7, 11) is 1.68. The third-order valence-corrected chi connectivity index (χ3v) is 4.08. The van der Waals surface area contributed by atoms with Gasteiger partial charge in [0.1, 0.15) is 5.75 Å². The maximum Gasteiger partial charge on any atom is 0.244 e. The van der Waals surface area contributed by atoms with Crippen molar-refractivity contribution in [2.45, 2.75) is 20.3 Å². The standard InChI is InChI=1S/C20H23N5O/c1-14-8-9-15(2)17(12-14)23-19-13-22-25-20(24-19)21-11-10-16-6-4-5-7-18(16)26-3/h4-9,12-13H,10-11H2,1-3H3,(H2,21,23,24,25). The Hall–Kier alpha value is -3.15. The quantitative estimate of drug-likeness (QED) is 0.674. The van der Waals surface area contributed by atoms with E-state index >= 15 is 0 Å². The Balaban J connectivity index is 1.63. The maximum atomic E-state index is 5.37. The maximum absolute atomic E-state index is 5.37. The Kier molecular flexibility index (Phi) is 5.63. The first-order valence-electron chi connectivity index (χ1n) is 8.55. The van der Waals surface area contributed by atoms with E-state index in [1.54, 1.807) is 13.3 Å². The van der Waals surface area contributed by atoms with Crippen LogP contribution in [-0.2, 0) is 6.42 Å². The number of benzene rings is 2. The number of hydrogen-bond acceptors (Lipinski definition) is 6. The summed E-state index contributed by atoms with van der Waals surface area (Å²) in [5, 5.41) is 14.6. The molecule has 3 rings (SSSR count). The second-order valence-electron chi connectivity index (χ2n) is 6.10. The Bertz CT molecular complexity index is 882. The van der Waals surface area contributed by atoms with E-state index in [1.807, 2.05) is 18.2 Å². The molecule has 1 aromatic heterocycles. The molecule has 0 spiro atoms. The molecule has 0 aliphatic heterocycles. The molecule has 0 bridgehead atoms. The highest BCUT2D eigenvalue weighted by atomic mass is 16.5. The van der Waals surface area contributed by atoms with Gasteiger partial charge in [0, 0.05) is 12.2 Å². The summed E-state index contributed by atoms with van der Waals surface area (Å²) in [6.45, 7) is 4.81. The van der Waals surface area contributed by atoms with Crippen molar-refractivity contribution < 1.29 is 4.74 Å². The van der Waals surface area contributed by atoms with Gasteiger partial charge in [0.2, 0.25) is 5.95 Å². The van der Waals surface area contributed by atoms with E-state index in [1.165, 1.54) is 5.56 Å². The van der Waals surface area contributed by atoms with Crippen molar-refractivity contribution in [1.29, 1.82) is 0 Å². The highest BCUT2D eigenvalue weighted by Gasteiger charge is 2.05. The summed E-state index contributed by atoms with van der Waals surface area (Å²) in [5.74, 6) is 2.04. The third kappa shape index (κ3) is 4.47. The fourth-order valence-electron chi connectivity index (χ4n) is 2.67. The molecule has 1 heterocycles. The number of hydrogen-bond donors (Lipinski definition) is 2. The average molecular weight is 349 g/mol. The van der Waals surface area contributed by atoms with Crippen LogP contribution in [0, 0.1) is 13.8 Å². The first kappa shape index (κ1) is 17.7. The molecule has 0 amide bonds. The second kappa shape index (κ2) is 8.29. The molecule has 0 saturated carbocycles. The topological polar surface area (TPSA) is 72.0 Å². The molecule has 0 atom stereocenters. The number of para-hydroxylation sites is 1. The van der Waals surface area contributed by atoms with Gasteiger partial charge in [0.25, 0.3) is 0 Å². The van der Waals surface area contributed by atoms with Crippen molar-refractivity contribution in [1.82, 2.24) is 15.2 Å². The molecule has 0 aliphatic carbocycles. The molecule has 0 unspecified atom stereocenters. The second-order valence-corrected chi connectivity index (χ2v) is 6.10. The van der Waals surface area contributed by atoms with E-state index in [2.05, 4.69) is 63.9 Å². The zero-order valence-corrected chi connectivity index (χ0v) is 15.3. The van der Waals surface area contributed by atoms with Gasteiger partial charge in [-0.2, -0.15) is 10.1 Å². The van der Waals surface area contributed by atoms with Crippen LogP contribution in [0.2, 0.25) is 0 Å². The lowest BCUT2D eigenvalue weighted by Crippen LogP contribution is -2.10. The third-order valence-electron chi connectivity index (χ3n) is 4.08. The van der Waals surface area contributed by atoms with Crippen LogP contribution in [0.1, 0.15) is 16.7 Å². The normalized spacial score (nSPS) is 10.4.